The first-order valence-electron chi connectivity index (χ1n) is 4.26. The summed E-state index contributed by atoms with van der Waals surface area (Å²) >= 11 is 0. The Morgan fingerprint density at radius 3 is 2.38 bits per heavy atom. The lowest BCUT2D eigenvalue weighted by atomic mass is 9.92. The Hall–Kier alpha value is -1.16. The van der Waals surface area contributed by atoms with Crippen molar-refractivity contribution in [3.8, 4) is 0 Å². The smallest absolute Gasteiger partial charge is 0.143 e. The molecule has 0 bridgehead atoms. The molecule has 72 valence electrons. The van der Waals surface area contributed by atoms with Crippen molar-refractivity contribution in [1.29, 1.82) is 0 Å². The zero-order chi connectivity index (χ0) is 10.1. The second-order valence-corrected chi connectivity index (χ2v) is 4.08. The molecule has 0 radical (unpaired) electrons. The lowest BCUT2D eigenvalue weighted by Gasteiger charge is -2.18. The molecule has 0 atom stereocenters. The van der Waals surface area contributed by atoms with Gasteiger partial charge in [-0.2, -0.15) is 0 Å². The number of rotatable bonds is 1. The number of nitrogens with zero attached hydrogens (tertiary/aromatic N) is 2. The van der Waals surface area contributed by atoms with Crippen LogP contribution in [0.15, 0.2) is 6.07 Å². The molecular formula is C9H16N4. The number of aryl methyl sites for hydroxylation is 1. The predicted molar refractivity (Wildman–Crippen MR) is 53.3 cm³/mol. The number of hydrogen-bond donors (Lipinski definition) is 2. The molecule has 0 aliphatic carbocycles. The Labute approximate surface area is 78.6 Å². The molecule has 4 heteroatoms. The van der Waals surface area contributed by atoms with Gasteiger partial charge in [0.1, 0.15) is 11.6 Å². The molecule has 0 unspecified atom stereocenters. The first-order valence-corrected chi connectivity index (χ1v) is 4.26. The van der Waals surface area contributed by atoms with E-state index >= 15 is 0 Å². The summed E-state index contributed by atoms with van der Waals surface area (Å²) in [5.41, 5.74) is 3.55. The zero-order valence-corrected chi connectivity index (χ0v) is 8.55. The van der Waals surface area contributed by atoms with E-state index in [1.165, 1.54) is 0 Å². The molecule has 1 aromatic heterocycles. The maximum Gasteiger partial charge on any atom is 0.143 e. The predicted octanol–water partition coefficient (Wildman–Crippen LogP) is 1.37. The molecule has 13 heavy (non-hydrogen) atoms. The number of nitrogen functional groups attached to an aromatic ring is 1. The first kappa shape index (κ1) is 9.92. The minimum absolute atomic E-state index is 0.0271. The van der Waals surface area contributed by atoms with Crippen LogP contribution in [0.5, 0.6) is 0 Å². The van der Waals surface area contributed by atoms with Gasteiger partial charge in [0.15, 0.2) is 0 Å². The summed E-state index contributed by atoms with van der Waals surface area (Å²) in [4.78, 5) is 8.46. The maximum absolute atomic E-state index is 5.29. The second-order valence-electron chi connectivity index (χ2n) is 4.08. The van der Waals surface area contributed by atoms with Crippen molar-refractivity contribution in [1.82, 2.24) is 9.97 Å². The van der Waals surface area contributed by atoms with E-state index in [9.17, 15) is 0 Å². The van der Waals surface area contributed by atoms with Gasteiger partial charge >= 0.3 is 0 Å². The number of anilines is 1. The van der Waals surface area contributed by atoms with Gasteiger partial charge in [0.2, 0.25) is 0 Å². The van der Waals surface area contributed by atoms with Crippen molar-refractivity contribution >= 4 is 5.82 Å². The summed E-state index contributed by atoms with van der Waals surface area (Å²) in [5.74, 6) is 6.69. The third-order valence-electron chi connectivity index (χ3n) is 1.75. The van der Waals surface area contributed by atoms with Crippen molar-refractivity contribution in [3.63, 3.8) is 0 Å². The molecule has 0 saturated heterocycles. The van der Waals surface area contributed by atoms with Crippen LogP contribution in [0.1, 0.15) is 32.3 Å². The summed E-state index contributed by atoms with van der Waals surface area (Å²) < 4.78 is 0. The van der Waals surface area contributed by atoms with Crippen LogP contribution in [0.25, 0.3) is 0 Å². The van der Waals surface area contributed by atoms with E-state index in [2.05, 4.69) is 36.2 Å². The Kier molecular flexibility index (Phi) is 2.52. The minimum Gasteiger partial charge on any atom is -0.308 e. The molecular weight excluding hydrogens is 164 g/mol. The van der Waals surface area contributed by atoms with Gasteiger partial charge in [-0.25, -0.2) is 15.8 Å². The van der Waals surface area contributed by atoms with Crippen LogP contribution in [-0.4, -0.2) is 9.97 Å². The summed E-state index contributed by atoms with van der Waals surface area (Å²) in [6, 6.07) is 1.87. The highest BCUT2D eigenvalue weighted by Gasteiger charge is 2.16. The monoisotopic (exact) mass is 180 g/mol. The molecule has 0 spiro atoms. The minimum atomic E-state index is 0.0271. The van der Waals surface area contributed by atoms with Crippen molar-refractivity contribution in [2.75, 3.05) is 5.43 Å². The third kappa shape index (κ3) is 2.39. The third-order valence-corrected chi connectivity index (χ3v) is 1.75. The number of nitrogens with one attached hydrogen (secondary N) is 1. The summed E-state index contributed by atoms with van der Waals surface area (Å²) in [6.07, 6.45) is 0. The van der Waals surface area contributed by atoms with Gasteiger partial charge < -0.3 is 5.43 Å². The van der Waals surface area contributed by atoms with Crippen LogP contribution in [0.3, 0.4) is 0 Å². The van der Waals surface area contributed by atoms with E-state index in [1.807, 2.05) is 13.0 Å². The number of nitrogens with two attached hydrogens (primary N) is 1. The van der Waals surface area contributed by atoms with E-state index in [1.54, 1.807) is 0 Å². The fourth-order valence-electron chi connectivity index (χ4n) is 1.03. The highest BCUT2D eigenvalue weighted by atomic mass is 15.3. The molecule has 0 aliphatic rings. The summed E-state index contributed by atoms with van der Waals surface area (Å²) in [6.45, 7) is 8.18. The van der Waals surface area contributed by atoms with Crippen LogP contribution in [0, 0.1) is 6.92 Å². The maximum atomic E-state index is 5.29. The average Bonchev–Trinajstić information content (AvgIpc) is 2.01. The van der Waals surface area contributed by atoms with E-state index in [4.69, 9.17) is 5.84 Å². The molecule has 0 aliphatic heterocycles. The van der Waals surface area contributed by atoms with Crippen LogP contribution < -0.4 is 11.3 Å². The van der Waals surface area contributed by atoms with E-state index in [0.717, 1.165) is 11.5 Å². The first-order chi connectivity index (χ1) is 5.93. The highest BCUT2D eigenvalue weighted by Crippen LogP contribution is 2.21. The summed E-state index contributed by atoms with van der Waals surface area (Å²) in [7, 11) is 0. The SMILES string of the molecule is Cc1nc(NN)cc(C(C)(C)C)n1. The normalized spacial score (nSPS) is 11.5. The molecule has 0 fully saturated rings. The van der Waals surface area contributed by atoms with E-state index in [-0.39, 0.29) is 5.41 Å². The zero-order valence-electron chi connectivity index (χ0n) is 8.55. The molecule has 1 heterocycles. The van der Waals surface area contributed by atoms with Crippen molar-refractivity contribution < 1.29 is 0 Å². The van der Waals surface area contributed by atoms with Crippen molar-refractivity contribution in [2.45, 2.75) is 33.1 Å². The molecule has 1 rings (SSSR count). The largest absolute Gasteiger partial charge is 0.308 e. The molecule has 0 aromatic carbocycles. The van der Waals surface area contributed by atoms with Gasteiger partial charge in [-0.1, -0.05) is 20.8 Å². The molecule has 0 saturated carbocycles. The molecule has 0 amide bonds. The van der Waals surface area contributed by atoms with Gasteiger partial charge in [0.05, 0.1) is 5.69 Å². The van der Waals surface area contributed by atoms with E-state index in [0.29, 0.717) is 5.82 Å². The highest BCUT2D eigenvalue weighted by molar-refractivity contribution is 5.36. The van der Waals surface area contributed by atoms with Crippen molar-refractivity contribution in [3.05, 3.63) is 17.6 Å². The van der Waals surface area contributed by atoms with Crippen LogP contribution in [0.4, 0.5) is 5.82 Å². The van der Waals surface area contributed by atoms with Crippen LogP contribution >= 0.6 is 0 Å². The quantitative estimate of drug-likeness (QED) is 0.506. The fraction of sp³-hybridized carbons (Fsp3) is 0.556. The summed E-state index contributed by atoms with van der Waals surface area (Å²) in [5, 5.41) is 0. The Morgan fingerprint density at radius 2 is 1.92 bits per heavy atom. The van der Waals surface area contributed by atoms with Gasteiger partial charge in [-0.3, -0.25) is 0 Å². The molecule has 1 aromatic rings. The molecule has 3 N–H and O–H groups in total. The topological polar surface area (TPSA) is 63.8 Å². The van der Waals surface area contributed by atoms with Crippen LogP contribution in [-0.2, 0) is 5.41 Å². The lowest BCUT2D eigenvalue weighted by molar-refractivity contribution is 0.564. The van der Waals surface area contributed by atoms with Crippen LogP contribution in [0.2, 0.25) is 0 Å². The fourth-order valence-corrected chi connectivity index (χ4v) is 1.03. The number of aromatic nitrogens is 2. The number of hydrogen-bond acceptors (Lipinski definition) is 4. The van der Waals surface area contributed by atoms with Gasteiger partial charge in [0, 0.05) is 11.5 Å². The van der Waals surface area contributed by atoms with E-state index < -0.39 is 0 Å². The van der Waals surface area contributed by atoms with Gasteiger partial charge in [0.25, 0.3) is 0 Å². The average molecular weight is 180 g/mol. The van der Waals surface area contributed by atoms with Gasteiger partial charge in [-0.15, -0.1) is 0 Å². The van der Waals surface area contributed by atoms with Crippen molar-refractivity contribution in [2.24, 2.45) is 5.84 Å². The molecule has 4 nitrogen and oxygen atoms in total. The second kappa shape index (κ2) is 3.30. The Balaban J connectivity index is 3.16. The lowest BCUT2D eigenvalue weighted by Crippen LogP contribution is -2.17. The van der Waals surface area contributed by atoms with Gasteiger partial charge in [-0.05, 0) is 6.92 Å². The Morgan fingerprint density at radius 1 is 1.31 bits per heavy atom. The number of hydrazine groups is 1. The Bertz CT molecular complexity index is 301. The standard InChI is InChI=1S/C9H16N4/c1-6-11-7(9(2,3)4)5-8(12-6)13-10/h5H,10H2,1-4H3,(H,11,12,13).